The summed E-state index contributed by atoms with van der Waals surface area (Å²) in [6.45, 7) is 5.55. The van der Waals surface area contributed by atoms with Gasteiger partial charge in [-0.2, -0.15) is 0 Å². The van der Waals surface area contributed by atoms with E-state index < -0.39 is 12.1 Å². The van der Waals surface area contributed by atoms with Gasteiger partial charge in [-0.15, -0.1) is 0 Å². The molecule has 27 heavy (non-hydrogen) atoms. The number of unbranched alkanes of at least 4 members (excludes halogenated alkanes) is 1. The van der Waals surface area contributed by atoms with Gasteiger partial charge < -0.3 is 24.4 Å². The number of carbonyl (C=O) groups is 1. The molecule has 0 aliphatic carbocycles. The molecule has 0 radical (unpaired) electrons. The summed E-state index contributed by atoms with van der Waals surface area (Å²) in [5, 5.41) is 20.6. The molecule has 6 heteroatoms. The normalized spacial score (nSPS) is 11.8. The number of benzene rings is 2. The van der Waals surface area contributed by atoms with Crippen molar-refractivity contribution in [3.8, 4) is 11.5 Å². The van der Waals surface area contributed by atoms with E-state index >= 15 is 0 Å². The van der Waals surface area contributed by atoms with Gasteiger partial charge >= 0.3 is 5.97 Å². The minimum Gasteiger partial charge on any atom is -0.493 e. The van der Waals surface area contributed by atoms with Crippen LogP contribution in [0.5, 0.6) is 11.5 Å². The van der Waals surface area contributed by atoms with Crippen LogP contribution in [0, 0.1) is 0 Å². The number of hydrogen-bond acceptors (Lipinski definition) is 6. The Hall–Kier alpha value is -2.57. The van der Waals surface area contributed by atoms with E-state index in [-0.39, 0.29) is 25.4 Å². The third kappa shape index (κ3) is 6.27. The molecule has 2 N–H and O–H groups in total. The van der Waals surface area contributed by atoms with Gasteiger partial charge in [-0.05, 0) is 31.9 Å². The van der Waals surface area contributed by atoms with Crippen LogP contribution in [-0.2, 0) is 9.53 Å². The smallest absolute Gasteiger partial charge is 0.333 e. The van der Waals surface area contributed by atoms with Crippen molar-refractivity contribution in [3.63, 3.8) is 0 Å². The van der Waals surface area contributed by atoms with E-state index in [2.05, 4.69) is 6.58 Å². The highest BCUT2D eigenvalue weighted by molar-refractivity contribution is 5.93. The fraction of sp³-hybridized carbons (Fsp3) is 0.381. The van der Waals surface area contributed by atoms with Crippen molar-refractivity contribution in [2.45, 2.75) is 25.9 Å². The lowest BCUT2D eigenvalue weighted by Gasteiger charge is -2.16. The molecule has 2 aromatic rings. The Labute approximate surface area is 159 Å². The van der Waals surface area contributed by atoms with E-state index in [0.29, 0.717) is 18.8 Å². The molecule has 0 fully saturated rings. The summed E-state index contributed by atoms with van der Waals surface area (Å²) in [5.41, 5.74) is 0.281. The van der Waals surface area contributed by atoms with Gasteiger partial charge in [-0.3, -0.25) is 0 Å². The van der Waals surface area contributed by atoms with E-state index in [1.807, 2.05) is 30.3 Å². The first-order chi connectivity index (χ1) is 13.0. The minimum atomic E-state index is -0.943. The van der Waals surface area contributed by atoms with Crippen molar-refractivity contribution in [2.75, 3.05) is 26.4 Å². The minimum absolute atomic E-state index is 0.00975. The van der Waals surface area contributed by atoms with Gasteiger partial charge in [0.05, 0.1) is 6.61 Å². The molecule has 0 saturated heterocycles. The maximum absolute atomic E-state index is 11.4. The van der Waals surface area contributed by atoms with Crippen molar-refractivity contribution in [1.29, 1.82) is 0 Å². The zero-order valence-electron chi connectivity index (χ0n) is 15.5. The van der Waals surface area contributed by atoms with Crippen LogP contribution in [0.4, 0.5) is 0 Å². The number of carbonyl (C=O) groups excluding carboxylic acids is 1. The van der Waals surface area contributed by atoms with Crippen molar-refractivity contribution in [3.05, 3.63) is 48.6 Å². The molecule has 6 nitrogen and oxygen atoms in total. The van der Waals surface area contributed by atoms with Gasteiger partial charge in [0.2, 0.25) is 0 Å². The average Bonchev–Trinajstić information content (AvgIpc) is 2.68. The second-order valence-electron chi connectivity index (χ2n) is 6.23. The summed E-state index contributed by atoms with van der Waals surface area (Å²) in [6, 6.07) is 11.3. The molecule has 0 heterocycles. The lowest BCUT2D eigenvalue weighted by Crippen LogP contribution is -2.25. The molecular weight excluding hydrogens is 348 g/mol. The van der Waals surface area contributed by atoms with Gasteiger partial charge in [-0.25, -0.2) is 4.79 Å². The van der Waals surface area contributed by atoms with Crippen molar-refractivity contribution < 1.29 is 29.2 Å². The molecule has 2 aromatic carbocycles. The van der Waals surface area contributed by atoms with E-state index in [0.717, 1.165) is 22.9 Å². The van der Waals surface area contributed by atoms with Gasteiger partial charge in [0.15, 0.2) is 0 Å². The molecule has 0 saturated carbocycles. The highest BCUT2D eigenvalue weighted by Crippen LogP contribution is 2.33. The second kappa shape index (κ2) is 10.5. The predicted molar refractivity (Wildman–Crippen MR) is 103 cm³/mol. The van der Waals surface area contributed by atoms with Crippen LogP contribution >= 0.6 is 0 Å². The average molecular weight is 374 g/mol. The van der Waals surface area contributed by atoms with Crippen molar-refractivity contribution in [1.82, 2.24) is 0 Å². The third-order valence-electron chi connectivity index (χ3n) is 3.84. The van der Waals surface area contributed by atoms with Crippen LogP contribution < -0.4 is 9.47 Å². The zero-order chi connectivity index (χ0) is 19.6. The first-order valence-corrected chi connectivity index (χ1v) is 8.92. The molecule has 0 bridgehead atoms. The first-order valence-electron chi connectivity index (χ1n) is 8.92. The molecule has 146 valence electrons. The summed E-state index contributed by atoms with van der Waals surface area (Å²) in [4.78, 5) is 11.4. The molecule has 0 aliphatic rings. The fourth-order valence-corrected chi connectivity index (χ4v) is 2.42. The number of hydrogen-bond donors (Lipinski definition) is 2. The number of aliphatic hydroxyl groups excluding tert-OH is 2. The molecule has 0 spiro atoms. The molecule has 0 aromatic heterocycles. The van der Waals surface area contributed by atoms with Crippen molar-refractivity contribution >= 4 is 16.7 Å². The van der Waals surface area contributed by atoms with Gasteiger partial charge in [-0.1, -0.05) is 30.8 Å². The highest BCUT2D eigenvalue weighted by atomic mass is 16.5. The van der Waals surface area contributed by atoms with Crippen molar-refractivity contribution in [2.24, 2.45) is 0 Å². The van der Waals surface area contributed by atoms with Crippen LogP contribution in [0.15, 0.2) is 48.6 Å². The number of aliphatic hydroxyl groups is 2. The monoisotopic (exact) mass is 374 g/mol. The van der Waals surface area contributed by atoms with Crippen LogP contribution in [0.25, 0.3) is 10.8 Å². The maximum Gasteiger partial charge on any atom is 0.333 e. The fourth-order valence-electron chi connectivity index (χ4n) is 2.42. The Kier molecular flexibility index (Phi) is 8.10. The van der Waals surface area contributed by atoms with Crippen LogP contribution in [0.3, 0.4) is 0 Å². The summed E-state index contributed by atoms with van der Waals surface area (Å²) in [5.74, 6) is 0.813. The Morgan fingerprint density at radius 1 is 1.04 bits per heavy atom. The number of ether oxygens (including phenoxy) is 3. The molecular formula is C21H26O6. The maximum atomic E-state index is 11.4. The van der Waals surface area contributed by atoms with Crippen LogP contribution in [-0.4, -0.2) is 48.7 Å². The second-order valence-corrected chi connectivity index (χ2v) is 6.23. The standard InChI is InChI=1S/C21H26O6/c1-15(2)21(24)27-14-16(23)13-26-20-10-9-19(25-12-6-5-11-22)17-7-3-4-8-18(17)20/h3-4,7-10,16,22-23H,1,5-6,11-14H2,2H3. The molecule has 2 rings (SSSR count). The lowest BCUT2D eigenvalue weighted by atomic mass is 10.1. The van der Waals surface area contributed by atoms with E-state index in [9.17, 15) is 9.90 Å². The molecule has 1 atom stereocenters. The van der Waals surface area contributed by atoms with E-state index in [1.165, 1.54) is 0 Å². The van der Waals surface area contributed by atoms with Crippen LogP contribution in [0.2, 0.25) is 0 Å². The van der Waals surface area contributed by atoms with Crippen LogP contribution in [0.1, 0.15) is 19.8 Å². The van der Waals surface area contributed by atoms with Gasteiger partial charge in [0.1, 0.15) is 30.8 Å². The predicted octanol–water partition coefficient (Wildman–Crippen LogP) is 2.85. The van der Waals surface area contributed by atoms with E-state index in [4.69, 9.17) is 19.3 Å². The zero-order valence-corrected chi connectivity index (χ0v) is 15.5. The molecule has 0 amide bonds. The summed E-state index contributed by atoms with van der Waals surface area (Å²) >= 11 is 0. The molecule has 0 aliphatic heterocycles. The van der Waals surface area contributed by atoms with Gasteiger partial charge in [0, 0.05) is 23.0 Å². The lowest BCUT2D eigenvalue weighted by molar-refractivity contribution is -0.142. The largest absolute Gasteiger partial charge is 0.493 e. The van der Waals surface area contributed by atoms with E-state index in [1.54, 1.807) is 13.0 Å². The number of fused-ring (bicyclic) bond motifs is 1. The summed E-state index contributed by atoms with van der Waals surface area (Å²) in [7, 11) is 0. The topological polar surface area (TPSA) is 85.2 Å². The Morgan fingerprint density at radius 3 is 2.26 bits per heavy atom. The number of rotatable bonds is 11. The highest BCUT2D eigenvalue weighted by Gasteiger charge is 2.12. The SMILES string of the molecule is C=C(C)C(=O)OCC(O)COc1ccc(OCCCCO)c2ccccc12. The third-order valence-corrected chi connectivity index (χ3v) is 3.84. The first kappa shape index (κ1) is 20.7. The Balaban J connectivity index is 2.00. The summed E-state index contributed by atoms with van der Waals surface area (Å²) in [6.07, 6.45) is 0.534. The quantitative estimate of drug-likeness (QED) is 0.357. The Morgan fingerprint density at radius 2 is 1.67 bits per heavy atom. The summed E-state index contributed by atoms with van der Waals surface area (Å²) < 4.78 is 16.4. The Bertz CT molecular complexity index is 770. The van der Waals surface area contributed by atoms with Gasteiger partial charge in [0.25, 0.3) is 0 Å². The molecule has 1 unspecified atom stereocenters. The number of esters is 1.